The lowest BCUT2D eigenvalue weighted by Gasteiger charge is -2.02. The van der Waals surface area contributed by atoms with E-state index in [0.717, 1.165) is 29.9 Å². The summed E-state index contributed by atoms with van der Waals surface area (Å²) in [6.45, 7) is 5.36. The summed E-state index contributed by atoms with van der Waals surface area (Å²) >= 11 is 0. The average Bonchev–Trinajstić information content (AvgIpc) is 3.03. The van der Waals surface area contributed by atoms with Crippen LogP contribution in [0.25, 0.3) is 6.08 Å². The molecule has 21 heavy (non-hydrogen) atoms. The van der Waals surface area contributed by atoms with Gasteiger partial charge in [-0.3, -0.25) is 14.2 Å². The molecule has 2 aromatic rings. The second-order valence-corrected chi connectivity index (χ2v) is 4.96. The van der Waals surface area contributed by atoms with Crippen LogP contribution in [0, 0.1) is 13.8 Å². The van der Waals surface area contributed by atoms with Gasteiger partial charge in [0.25, 0.3) is 0 Å². The van der Waals surface area contributed by atoms with Crippen LogP contribution in [0.5, 0.6) is 0 Å². The summed E-state index contributed by atoms with van der Waals surface area (Å²) in [6.07, 6.45) is 7.90. The maximum Gasteiger partial charge on any atom is 0.244 e. The zero-order valence-electron chi connectivity index (χ0n) is 12.7. The molecule has 0 aliphatic heterocycles. The predicted octanol–water partition coefficient (Wildman–Crippen LogP) is 1.45. The van der Waals surface area contributed by atoms with Gasteiger partial charge in [-0.1, -0.05) is 0 Å². The van der Waals surface area contributed by atoms with Gasteiger partial charge in [-0.25, -0.2) is 0 Å². The maximum atomic E-state index is 11.8. The molecule has 0 bridgehead atoms. The molecule has 6 heteroatoms. The first kappa shape index (κ1) is 15.0. The summed E-state index contributed by atoms with van der Waals surface area (Å²) in [6, 6.07) is 1.89. The molecule has 1 amide bonds. The highest BCUT2D eigenvalue weighted by Crippen LogP contribution is 2.13. The van der Waals surface area contributed by atoms with Gasteiger partial charge in [0.05, 0.1) is 5.69 Å². The molecule has 0 fully saturated rings. The quantitative estimate of drug-likeness (QED) is 0.646. The number of nitrogens with one attached hydrogen (secondary N) is 1. The van der Waals surface area contributed by atoms with E-state index in [-0.39, 0.29) is 5.91 Å². The summed E-state index contributed by atoms with van der Waals surface area (Å²) in [5.74, 6) is -0.0851. The summed E-state index contributed by atoms with van der Waals surface area (Å²) in [5.41, 5.74) is 2.98. The Morgan fingerprint density at radius 3 is 2.86 bits per heavy atom. The molecular weight excluding hydrogens is 266 g/mol. The minimum Gasteiger partial charge on any atom is -0.352 e. The van der Waals surface area contributed by atoms with Gasteiger partial charge in [0.15, 0.2) is 0 Å². The van der Waals surface area contributed by atoms with Crippen molar-refractivity contribution in [2.24, 2.45) is 7.05 Å². The SMILES string of the molecule is Cc1nn(C)c(C)c1/C=C\C(=O)NCCCn1cccn1. The number of rotatable bonds is 6. The van der Waals surface area contributed by atoms with Gasteiger partial charge >= 0.3 is 0 Å². The van der Waals surface area contributed by atoms with Crippen molar-refractivity contribution in [2.75, 3.05) is 6.54 Å². The Labute approximate surface area is 124 Å². The Balaban J connectivity index is 1.77. The minimum absolute atomic E-state index is 0.0851. The normalized spacial score (nSPS) is 11.2. The number of carbonyl (C=O) groups is 1. The van der Waals surface area contributed by atoms with E-state index in [0.29, 0.717) is 6.54 Å². The van der Waals surface area contributed by atoms with Crippen molar-refractivity contribution in [3.8, 4) is 0 Å². The third-order valence-corrected chi connectivity index (χ3v) is 3.39. The summed E-state index contributed by atoms with van der Waals surface area (Å²) in [5, 5.41) is 11.3. The van der Waals surface area contributed by atoms with Crippen LogP contribution in [-0.2, 0) is 18.4 Å². The average molecular weight is 287 g/mol. The third-order valence-electron chi connectivity index (χ3n) is 3.39. The first-order valence-corrected chi connectivity index (χ1v) is 7.01. The second-order valence-electron chi connectivity index (χ2n) is 4.96. The number of amides is 1. The first-order chi connectivity index (χ1) is 10.1. The van der Waals surface area contributed by atoms with E-state index in [4.69, 9.17) is 0 Å². The van der Waals surface area contributed by atoms with Gasteiger partial charge in [0.1, 0.15) is 0 Å². The third kappa shape index (κ3) is 4.05. The van der Waals surface area contributed by atoms with E-state index in [2.05, 4.69) is 15.5 Å². The van der Waals surface area contributed by atoms with E-state index < -0.39 is 0 Å². The molecule has 0 saturated heterocycles. The zero-order valence-corrected chi connectivity index (χ0v) is 12.7. The molecule has 0 aliphatic carbocycles. The molecule has 112 valence electrons. The van der Waals surface area contributed by atoms with Crippen molar-refractivity contribution in [3.05, 3.63) is 41.5 Å². The fourth-order valence-corrected chi connectivity index (χ4v) is 2.13. The van der Waals surface area contributed by atoms with Crippen molar-refractivity contribution in [2.45, 2.75) is 26.8 Å². The molecule has 2 rings (SSSR count). The van der Waals surface area contributed by atoms with Crippen LogP contribution >= 0.6 is 0 Å². The van der Waals surface area contributed by atoms with Crippen molar-refractivity contribution in [1.29, 1.82) is 0 Å². The highest BCUT2D eigenvalue weighted by molar-refractivity contribution is 5.91. The van der Waals surface area contributed by atoms with E-state index in [9.17, 15) is 4.79 Å². The number of hydrogen-bond acceptors (Lipinski definition) is 3. The molecule has 0 aliphatic rings. The molecule has 6 nitrogen and oxygen atoms in total. The van der Waals surface area contributed by atoms with Crippen molar-refractivity contribution >= 4 is 12.0 Å². The Morgan fingerprint density at radius 2 is 2.24 bits per heavy atom. The lowest BCUT2D eigenvalue weighted by atomic mass is 10.2. The maximum absolute atomic E-state index is 11.8. The highest BCUT2D eigenvalue weighted by Gasteiger charge is 2.06. The van der Waals surface area contributed by atoms with E-state index in [1.54, 1.807) is 12.3 Å². The standard InChI is InChI=1S/C15H21N5O/c1-12-14(13(2)19(3)18-12)6-7-15(21)16-8-4-10-20-11-5-9-17-20/h5-7,9,11H,4,8,10H2,1-3H3,(H,16,21)/b7-6-. The molecule has 1 N–H and O–H groups in total. The fraction of sp³-hybridized carbons (Fsp3) is 0.400. The van der Waals surface area contributed by atoms with Crippen molar-refractivity contribution < 1.29 is 4.79 Å². The van der Waals surface area contributed by atoms with Gasteiger partial charge < -0.3 is 5.32 Å². The van der Waals surface area contributed by atoms with Gasteiger partial charge in [-0.05, 0) is 32.4 Å². The molecule has 0 saturated carbocycles. The van der Waals surface area contributed by atoms with Crippen LogP contribution in [0.15, 0.2) is 24.5 Å². The lowest BCUT2D eigenvalue weighted by molar-refractivity contribution is -0.116. The Kier molecular flexibility index (Phi) is 4.92. The molecule has 0 aromatic carbocycles. The monoisotopic (exact) mass is 287 g/mol. The smallest absolute Gasteiger partial charge is 0.244 e. The Morgan fingerprint density at radius 1 is 1.43 bits per heavy atom. The van der Waals surface area contributed by atoms with Crippen LogP contribution < -0.4 is 5.32 Å². The molecule has 0 atom stereocenters. The van der Waals surface area contributed by atoms with Crippen LogP contribution in [0.4, 0.5) is 0 Å². The zero-order chi connectivity index (χ0) is 15.2. The largest absolute Gasteiger partial charge is 0.352 e. The summed E-state index contributed by atoms with van der Waals surface area (Å²) in [7, 11) is 1.90. The lowest BCUT2D eigenvalue weighted by Crippen LogP contribution is -2.23. The van der Waals surface area contributed by atoms with Crippen LogP contribution in [0.3, 0.4) is 0 Å². The van der Waals surface area contributed by atoms with Crippen molar-refractivity contribution in [3.63, 3.8) is 0 Å². The van der Waals surface area contributed by atoms with E-state index in [1.165, 1.54) is 0 Å². The topological polar surface area (TPSA) is 64.7 Å². The fourth-order valence-electron chi connectivity index (χ4n) is 2.13. The van der Waals surface area contributed by atoms with Gasteiger partial charge in [-0.2, -0.15) is 10.2 Å². The van der Waals surface area contributed by atoms with Gasteiger partial charge in [0.2, 0.25) is 5.91 Å². The number of nitrogens with zero attached hydrogens (tertiary/aromatic N) is 4. The van der Waals surface area contributed by atoms with E-state index in [1.807, 2.05) is 48.6 Å². The molecule has 2 aromatic heterocycles. The summed E-state index contributed by atoms with van der Waals surface area (Å²) < 4.78 is 3.67. The molecule has 2 heterocycles. The Bertz CT molecular complexity index is 625. The first-order valence-electron chi connectivity index (χ1n) is 7.01. The number of aromatic nitrogens is 4. The summed E-state index contributed by atoms with van der Waals surface area (Å²) in [4.78, 5) is 11.8. The molecular formula is C15H21N5O. The van der Waals surface area contributed by atoms with Crippen LogP contribution in [-0.4, -0.2) is 32.0 Å². The minimum atomic E-state index is -0.0851. The molecule has 0 unspecified atom stereocenters. The Hall–Kier alpha value is -2.37. The number of carbonyl (C=O) groups excluding carboxylic acids is 1. The van der Waals surface area contributed by atoms with Crippen molar-refractivity contribution in [1.82, 2.24) is 24.9 Å². The molecule has 0 radical (unpaired) electrons. The highest BCUT2D eigenvalue weighted by atomic mass is 16.1. The number of aryl methyl sites for hydroxylation is 3. The predicted molar refractivity (Wildman–Crippen MR) is 81.6 cm³/mol. The molecule has 0 spiro atoms. The van der Waals surface area contributed by atoms with Crippen LogP contribution in [0.1, 0.15) is 23.4 Å². The second kappa shape index (κ2) is 6.88. The van der Waals surface area contributed by atoms with E-state index >= 15 is 0 Å². The number of hydrogen-bond donors (Lipinski definition) is 1. The van der Waals surface area contributed by atoms with Gasteiger partial charge in [0, 0.05) is 49.9 Å². The van der Waals surface area contributed by atoms with Crippen LogP contribution in [0.2, 0.25) is 0 Å². The van der Waals surface area contributed by atoms with Gasteiger partial charge in [-0.15, -0.1) is 0 Å².